The lowest BCUT2D eigenvalue weighted by Crippen LogP contribution is -2.31. The summed E-state index contributed by atoms with van der Waals surface area (Å²) < 4.78 is 5.38. The quantitative estimate of drug-likeness (QED) is 0.919. The van der Waals surface area contributed by atoms with Crippen molar-refractivity contribution in [2.45, 2.75) is 13.0 Å². The Bertz CT molecular complexity index is 693. The molecule has 1 N–H and O–H groups in total. The van der Waals surface area contributed by atoms with Crippen LogP contribution in [0.25, 0.3) is 0 Å². The highest BCUT2D eigenvalue weighted by atomic mass is 35.5. The van der Waals surface area contributed by atoms with Crippen LogP contribution in [0.5, 0.6) is 5.75 Å². The standard InChI is InChI=1S/C17H15ClN2O2/c1-12(15-4-2-3-5-16(15)18)20-17(21)11-22-14-8-6-13(10-19)7-9-14/h2-9,12H,11H2,1H3,(H,20,21)/t12-/m0/s1. The molecule has 2 aromatic carbocycles. The van der Waals surface area contributed by atoms with Crippen molar-refractivity contribution in [3.63, 3.8) is 0 Å². The molecule has 0 radical (unpaired) electrons. The van der Waals surface area contributed by atoms with E-state index >= 15 is 0 Å². The number of carbonyl (C=O) groups excluding carboxylic acids is 1. The zero-order valence-corrected chi connectivity index (χ0v) is 12.8. The molecule has 0 bridgehead atoms. The molecule has 0 aliphatic heterocycles. The van der Waals surface area contributed by atoms with Crippen molar-refractivity contribution in [1.29, 1.82) is 5.26 Å². The van der Waals surface area contributed by atoms with Crippen LogP contribution in [0.3, 0.4) is 0 Å². The van der Waals surface area contributed by atoms with Crippen LogP contribution in [0.2, 0.25) is 5.02 Å². The van der Waals surface area contributed by atoms with Gasteiger partial charge in [0.1, 0.15) is 5.75 Å². The molecule has 2 aromatic rings. The number of benzene rings is 2. The van der Waals surface area contributed by atoms with Gasteiger partial charge in [-0.3, -0.25) is 4.79 Å². The molecule has 0 unspecified atom stereocenters. The van der Waals surface area contributed by atoms with Gasteiger partial charge in [-0.2, -0.15) is 5.26 Å². The molecule has 2 rings (SSSR count). The number of hydrogen-bond donors (Lipinski definition) is 1. The molecule has 0 aliphatic carbocycles. The van der Waals surface area contributed by atoms with E-state index in [1.807, 2.05) is 31.2 Å². The molecule has 0 saturated heterocycles. The van der Waals surface area contributed by atoms with Crippen LogP contribution < -0.4 is 10.1 Å². The van der Waals surface area contributed by atoms with E-state index in [1.165, 1.54) is 0 Å². The van der Waals surface area contributed by atoms with Gasteiger partial charge in [-0.1, -0.05) is 29.8 Å². The second-order valence-corrected chi connectivity index (χ2v) is 5.14. The first-order chi connectivity index (χ1) is 10.6. The van der Waals surface area contributed by atoms with Gasteiger partial charge in [0.05, 0.1) is 17.7 Å². The Hall–Kier alpha value is -2.51. The predicted molar refractivity (Wildman–Crippen MR) is 84.7 cm³/mol. The van der Waals surface area contributed by atoms with Gasteiger partial charge in [-0.05, 0) is 42.8 Å². The van der Waals surface area contributed by atoms with Gasteiger partial charge in [-0.15, -0.1) is 0 Å². The lowest BCUT2D eigenvalue weighted by atomic mass is 10.1. The highest BCUT2D eigenvalue weighted by Gasteiger charge is 2.12. The van der Waals surface area contributed by atoms with E-state index < -0.39 is 0 Å². The monoisotopic (exact) mass is 314 g/mol. The van der Waals surface area contributed by atoms with E-state index in [0.717, 1.165) is 5.56 Å². The lowest BCUT2D eigenvalue weighted by molar-refractivity contribution is -0.123. The summed E-state index contributed by atoms with van der Waals surface area (Å²) in [5, 5.41) is 12.2. The van der Waals surface area contributed by atoms with Gasteiger partial charge in [0.25, 0.3) is 5.91 Å². The molecule has 1 amide bonds. The number of halogens is 1. The molecular weight excluding hydrogens is 300 g/mol. The van der Waals surface area contributed by atoms with Crippen LogP contribution in [0.15, 0.2) is 48.5 Å². The molecule has 0 fully saturated rings. The van der Waals surface area contributed by atoms with Crippen LogP contribution >= 0.6 is 11.6 Å². The van der Waals surface area contributed by atoms with Crippen LogP contribution in [-0.4, -0.2) is 12.5 Å². The van der Waals surface area contributed by atoms with Gasteiger partial charge >= 0.3 is 0 Å². The van der Waals surface area contributed by atoms with E-state index in [4.69, 9.17) is 21.6 Å². The number of nitrogens with one attached hydrogen (secondary N) is 1. The van der Waals surface area contributed by atoms with E-state index in [0.29, 0.717) is 16.3 Å². The summed E-state index contributed by atoms with van der Waals surface area (Å²) in [4.78, 5) is 11.9. The van der Waals surface area contributed by atoms with Crippen molar-refractivity contribution in [2.75, 3.05) is 6.61 Å². The maximum atomic E-state index is 11.9. The first kappa shape index (κ1) is 15.9. The fourth-order valence-electron chi connectivity index (χ4n) is 1.96. The van der Waals surface area contributed by atoms with Crippen LogP contribution in [0, 0.1) is 11.3 Å². The van der Waals surface area contributed by atoms with Crippen LogP contribution in [-0.2, 0) is 4.79 Å². The van der Waals surface area contributed by atoms with Crippen molar-refractivity contribution in [3.8, 4) is 11.8 Å². The fraction of sp³-hybridized carbons (Fsp3) is 0.176. The van der Waals surface area contributed by atoms with Gasteiger partial charge in [0.2, 0.25) is 0 Å². The molecule has 4 nitrogen and oxygen atoms in total. The van der Waals surface area contributed by atoms with Gasteiger partial charge < -0.3 is 10.1 Å². The third-order valence-corrected chi connectivity index (χ3v) is 3.45. The van der Waals surface area contributed by atoms with E-state index in [9.17, 15) is 4.79 Å². The smallest absolute Gasteiger partial charge is 0.258 e. The Kier molecular flexibility index (Phi) is 5.40. The van der Waals surface area contributed by atoms with Crippen molar-refractivity contribution >= 4 is 17.5 Å². The molecule has 112 valence electrons. The normalized spacial score (nSPS) is 11.3. The molecule has 5 heteroatoms. The Morgan fingerprint density at radius 1 is 1.27 bits per heavy atom. The second-order valence-electron chi connectivity index (χ2n) is 4.74. The maximum absolute atomic E-state index is 11.9. The van der Waals surface area contributed by atoms with E-state index in [-0.39, 0.29) is 18.6 Å². The lowest BCUT2D eigenvalue weighted by Gasteiger charge is -2.16. The second kappa shape index (κ2) is 7.48. The molecule has 0 aromatic heterocycles. The summed E-state index contributed by atoms with van der Waals surface area (Å²) in [5.74, 6) is 0.302. The van der Waals surface area contributed by atoms with E-state index in [2.05, 4.69) is 5.32 Å². The summed E-state index contributed by atoms with van der Waals surface area (Å²) in [6.07, 6.45) is 0. The predicted octanol–water partition coefficient (Wildman–Crippen LogP) is 3.47. The molecule has 0 saturated carbocycles. The third kappa shape index (κ3) is 4.24. The zero-order chi connectivity index (χ0) is 15.9. The molecule has 0 aliphatic rings. The first-order valence-corrected chi connectivity index (χ1v) is 7.14. The zero-order valence-electron chi connectivity index (χ0n) is 12.0. The third-order valence-electron chi connectivity index (χ3n) is 3.10. The summed E-state index contributed by atoms with van der Waals surface area (Å²) in [5.41, 5.74) is 1.40. The number of hydrogen-bond acceptors (Lipinski definition) is 3. The number of amides is 1. The summed E-state index contributed by atoms with van der Waals surface area (Å²) in [7, 11) is 0. The molecule has 0 heterocycles. The first-order valence-electron chi connectivity index (χ1n) is 6.77. The summed E-state index contributed by atoms with van der Waals surface area (Å²) in [6.45, 7) is 1.77. The SMILES string of the molecule is C[C@H](NC(=O)COc1ccc(C#N)cc1)c1ccccc1Cl. The summed E-state index contributed by atoms with van der Waals surface area (Å²) >= 11 is 6.10. The largest absolute Gasteiger partial charge is 0.484 e. The number of ether oxygens (including phenoxy) is 1. The van der Waals surface area contributed by atoms with Crippen LogP contribution in [0.4, 0.5) is 0 Å². The number of rotatable bonds is 5. The molecule has 0 spiro atoms. The van der Waals surface area contributed by atoms with Crippen molar-refractivity contribution < 1.29 is 9.53 Å². The highest BCUT2D eigenvalue weighted by Crippen LogP contribution is 2.22. The van der Waals surface area contributed by atoms with E-state index in [1.54, 1.807) is 30.3 Å². The maximum Gasteiger partial charge on any atom is 0.258 e. The Balaban J connectivity index is 1.87. The number of nitrogens with zero attached hydrogens (tertiary/aromatic N) is 1. The van der Waals surface area contributed by atoms with Crippen LogP contribution in [0.1, 0.15) is 24.1 Å². The Morgan fingerprint density at radius 2 is 1.95 bits per heavy atom. The van der Waals surface area contributed by atoms with Crippen molar-refractivity contribution in [2.24, 2.45) is 0 Å². The van der Waals surface area contributed by atoms with Gasteiger partial charge in [0.15, 0.2) is 6.61 Å². The Morgan fingerprint density at radius 3 is 2.59 bits per heavy atom. The number of carbonyl (C=O) groups is 1. The minimum absolute atomic E-state index is 0.0965. The van der Waals surface area contributed by atoms with Crippen molar-refractivity contribution in [3.05, 3.63) is 64.7 Å². The minimum atomic E-state index is -0.239. The average molecular weight is 315 g/mol. The molecular formula is C17H15ClN2O2. The fourth-order valence-corrected chi connectivity index (χ4v) is 2.26. The molecule has 22 heavy (non-hydrogen) atoms. The van der Waals surface area contributed by atoms with Gasteiger partial charge in [0, 0.05) is 5.02 Å². The highest BCUT2D eigenvalue weighted by molar-refractivity contribution is 6.31. The number of nitriles is 1. The Labute approximate surface area is 134 Å². The summed E-state index contributed by atoms with van der Waals surface area (Å²) in [6, 6.07) is 15.8. The topological polar surface area (TPSA) is 62.1 Å². The minimum Gasteiger partial charge on any atom is -0.484 e. The molecule has 1 atom stereocenters. The average Bonchev–Trinajstić information content (AvgIpc) is 2.53. The van der Waals surface area contributed by atoms with Crippen molar-refractivity contribution in [1.82, 2.24) is 5.32 Å². The van der Waals surface area contributed by atoms with Gasteiger partial charge in [-0.25, -0.2) is 0 Å².